The van der Waals surface area contributed by atoms with E-state index in [1.807, 2.05) is 24.3 Å². The molecule has 0 spiro atoms. The summed E-state index contributed by atoms with van der Waals surface area (Å²) in [5.41, 5.74) is 1.71. The van der Waals surface area contributed by atoms with Crippen LogP contribution in [0.1, 0.15) is 12.6 Å². The minimum atomic E-state index is -3.14. The average molecular weight is 404 g/mol. The fourth-order valence-corrected chi connectivity index (χ4v) is 5.71. The summed E-state index contributed by atoms with van der Waals surface area (Å²) in [5, 5.41) is 10.1. The van der Waals surface area contributed by atoms with Crippen LogP contribution in [0.25, 0.3) is 11.5 Å². The van der Waals surface area contributed by atoms with Crippen LogP contribution in [0.3, 0.4) is 0 Å². The van der Waals surface area contributed by atoms with Crippen molar-refractivity contribution in [2.45, 2.75) is 25.5 Å². The van der Waals surface area contributed by atoms with Gasteiger partial charge >= 0.3 is 0 Å². The van der Waals surface area contributed by atoms with E-state index in [-0.39, 0.29) is 17.5 Å². The van der Waals surface area contributed by atoms with Crippen molar-refractivity contribution >= 4 is 15.7 Å². The summed E-state index contributed by atoms with van der Waals surface area (Å²) in [4.78, 5) is 18.0. The molecule has 4 rings (SSSR count). The minimum absolute atomic E-state index is 0.0471. The zero-order valence-electron chi connectivity index (χ0n) is 15.9. The van der Waals surface area contributed by atoms with Gasteiger partial charge in [0.25, 0.3) is 0 Å². The smallest absolute Gasteiger partial charge is 0.180 e. The first-order chi connectivity index (χ1) is 13.4. The molecule has 2 aromatic heterocycles. The molecule has 0 aromatic carbocycles. The van der Waals surface area contributed by atoms with Crippen molar-refractivity contribution in [3.05, 3.63) is 36.2 Å². The standard InChI is InChI=1S/C19H25N5O3S/c1-2-14-11-18(22-19(21-14)15-5-3-4-6-20-15)24-9-7-23(8-10-24)16-12-28(26,27)13-17(16)25/h3-6,11,16-17,25H,2,7-10,12-13H2,1H3/t16-,17+/m0/s1. The second-order valence-electron chi connectivity index (χ2n) is 7.34. The topological polar surface area (TPSA) is 99.5 Å². The van der Waals surface area contributed by atoms with Gasteiger partial charge in [-0.1, -0.05) is 13.0 Å². The first-order valence-electron chi connectivity index (χ1n) is 9.62. The highest BCUT2D eigenvalue weighted by Gasteiger charge is 2.40. The highest BCUT2D eigenvalue weighted by atomic mass is 32.2. The molecular weight excluding hydrogens is 378 g/mol. The molecular formula is C19H25N5O3S. The monoisotopic (exact) mass is 403 g/mol. The van der Waals surface area contributed by atoms with Gasteiger partial charge in [0.15, 0.2) is 15.7 Å². The summed E-state index contributed by atoms with van der Waals surface area (Å²) in [6.45, 7) is 4.91. The van der Waals surface area contributed by atoms with E-state index in [4.69, 9.17) is 4.98 Å². The molecule has 1 N–H and O–H groups in total. The van der Waals surface area contributed by atoms with Crippen molar-refractivity contribution in [3.8, 4) is 11.5 Å². The fraction of sp³-hybridized carbons (Fsp3) is 0.526. The summed E-state index contributed by atoms with van der Waals surface area (Å²) < 4.78 is 23.6. The van der Waals surface area contributed by atoms with Gasteiger partial charge in [0.1, 0.15) is 11.5 Å². The van der Waals surface area contributed by atoms with Gasteiger partial charge in [-0.2, -0.15) is 0 Å². The van der Waals surface area contributed by atoms with Gasteiger partial charge < -0.3 is 10.0 Å². The molecule has 0 aliphatic carbocycles. The molecule has 2 atom stereocenters. The Bertz CT molecular complexity index is 930. The van der Waals surface area contributed by atoms with Crippen molar-refractivity contribution < 1.29 is 13.5 Å². The van der Waals surface area contributed by atoms with Crippen LogP contribution in [0.15, 0.2) is 30.5 Å². The van der Waals surface area contributed by atoms with Crippen LogP contribution in [0.4, 0.5) is 5.82 Å². The Kier molecular flexibility index (Phi) is 5.31. The number of aryl methyl sites for hydroxylation is 1. The Balaban J connectivity index is 1.50. The molecule has 150 valence electrons. The Morgan fingerprint density at radius 2 is 1.93 bits per heavy atom. The van der Waals surface area contributed by atoms with Gasteiger partial charge in [-0.15, -0.1) is 0 Å². The molecule has 0 radical (unpaired) electrons. The third-order valence-electron chi connectivity index (χ3n) is 5.42. The molecule has 9 heteroatoms. The van der Waals surface area contributed by atoms with Crippen LogP contribution < -0.4 is 4.90 Å². The first kappa shape index (κ1) is 19.2. The van der Waals surface area contributed by atoms with E-state index in [1.54, 1.807) is 6.20 Å². The quantitative estimate of drug-likeness (QED) is 0.782. The number of anilines is 1. The van der Waals surface area contributed by atoms with Crippen LogP contribution in [0, 0.1) is 0 Å². The maximum Gasteiger partial charge on any atom is 0.180 e. The summed E-state index contributed by atoms with van der Waals surface area (Å²) in [5.74, 6) is 1.41. The van der Waals surface area contributed by atoms with Crippen molar-refractivity contribution in [3.63, 3.8) is 0 Å². The molecule has 2 aromatic rings. The average Bonchev–Trinajstić information content (AvgIpc) is 3.00. The molecule has 0 bridgehead atoms. The normalized spacial score (nSPS) is 25.1. The zero-order valence-corrected chi connectivity index (χ0v) is 16.7. The minimum Gasteiger partial charge on any atom is -0.390 e. The highest BCUT2D eigenvalue weighted by molar-refractivity contribution is 7.91. The van der Waals surface area contributed by atoms with E-state index >= 15 is 0 Å². The van der Waals surface area contributed by atoms with Crippen molar-refractivity contribution in [2.24, 2.45) is 0 Å². The van der Waals surface area contributed by atoms with E-state index in [2.05, 4.69) is 26.7 Å². The third-order valence-corrected chi connectivity index (χ3v) is 7.12. The molecule has 0 unspecified atom stereocenters. The highest BCUT2D eigenvalue weighted by Crippen LogP contribution is 2.23. The van der Waals surface area contributed by atoms with E-state index in [1.165, 1.54) is 0 Å². The first-order valence-corrected chi connectivity index (χ1v) is 11.4. The molecule has 2 aliphatic rings. The second-order valence-corrected chi connectivity index (χ2v) is 9.50. The van der Waals surface area contributed by atoms with Gasteiger partial charge in [-0.3, -0.25) is 9.88 Å². The number of aromatic nitrogens is 3. The summed E-state index contributed by atoms with van der Waals surface area (Å²) in [6, 6.07) is 7.40. The van der Waals surface area contributed by atoms with E-state index in [0.29, 0.717) is 18.9 Å². The number of aliphatic hydroxyl groups excluding tert-OH is 1. The number of nitrogens with zero attached hydrogens (tertiary/aromatic N) is 5. The van der Waals surface area contributed by atoms with Gasteiger partial charge in [-0.25, -0.2) is 18.4 Å². The zero-order chi connectivity index (χ0) is 19.7. The van der Waals surface area contributed by atoms with Crippen LogP contribution in [-0.2, 0) is 16.3 Å². The molecule has 2 aliphatic heterocycles. The molecule has 28 heavy (non-hydrogen) atoms. The van der Waals surface area contributed by atoms with Crippen LogP contribution in [0.2, 0.25) is 0 Å². The lowest BCUT2D eigenvalue weighted by atomic mass is 10.1. The Morgan fingerprint density at radius 1 is 1.14 bits per heavy atom. The third kappa shape index (κ3) is 4.01. The van der Waals surface area contributed by atoms with Crippen LogP contribution >= 0.6 is 0 Å². The maximum absolute atomic E-state index is 11.8. The molecule has 0 amide bonds. The van der Waals surface area contributed by atoms with Crippen molar-refractivity contribution in [1.82, 2.24) is 19.9 Å². The summed E-state index contributed by atoms with van der Waals surface area (Å²) >= 11 is 0. The number of hydrogen-bond donors (Lipinski definition) is 1. The lowest BCUT2D eigenvalue weighted by Crippen LogP contribution is -2.53. The van der Waals surface area contributed by atoms with E-state index < -0.39 is 15.9 Å². The van der Waals surface area contributed by atoms with Crippen molar-refractivity contribution in [2.75, 3.05) is 42.6 Å². The van der Waals surface area contributed by atoms with Gasteiger partial charge in [0, 0.05) is 44.1 Å². The SMILES string of the molecule is CCc1cc(N2CCN([C@H]3CS(=O)(=O)C[C@H]3O)CC2)nc(-c2ccccn2)n1. The number of hydrogen-bond acceptors (Lipinski definition) is 8. The predicted octanol–water partition coefficient (Wildman–Crippen LogP) is 0.381. The number of rotatable bonds is 4. The Labute approximate surface area is 165 Å². The predicted molar refractivity (Wildman–Crippen MR) is 107 cm³/mol. The number of aliphatic hydroxyl groups is 1. The van der Waals surface area contributed by atoms with Gasteiger partial charge in [0.2, 0.25) is 0 Å². The largest absolute Gasteiger partial charge is 0.390 e. The Hall–Kier alpha value is -2.10. The van der Waals surface area contributed by atoms with E-state index in [0.717, 1.165) is 36.7 Å². The Morgan fingerprint density at radius 3 is 2.54 bits per heavy atom. The lowest BCUT2D eigenvalue weighted by Gasteiger charge is -2.39. The van der Waals surface area contributed by atoms with Crippen molar-refractivity contribution in [1.29, 1.82) is 0 Å². The van der Waals surface area contributed by atoms with Crippen LogP contribution in [0.5, 0.6) is 0 Å². The molecule has 2 fully saturated rings. The molecule has 2 saturated heterocycles. The summed E-state index contributed by atoms with van der Waals surface area (Å²) in [6.07, 6.45) is 1.75. The lowest BCUT2D eigenvalue weighted by molar-refractivity contribution is 0.0792. The second kappa shape index (κ2) is 7.73. The number of sulfone groups is 1. The number of pyridine rings is 1. The van der Waals surface area contributed by atoms with E-state index in [9.17, 15) is 13.5 Å². The molecule has 8 nitrogen and oxygen atoms in total. The van der Waals surface area contributed by atoms with Gasteiger partial charge in [-0.05, 0) is 18.6 Å². The fourth-order valence-electron chi connectivity index (χ4n) is 3.88. The van der Waals surface area contributed by atoms with Gasteiger partial charge in [0.05, 0.1) is 23.7 Å². The maximum atomic E-state index is 11.8. The molecule has 4 heterocycles. The summed E-state index contributed by atoms with van der Waals surface area (Å²) in [7, 11) is -3.14. The number of piperazine rings is 1. The molecule has 0 saturated carbocycles. The van der Waals surface area contributed by atoms with Crippen LogP contribution in [-0.4, -0.2) is 83.2 Å².